The summed E-state index contributed by atoms with van der Waals surface area (Å²) in [5.74, 6) is 2.78. The maximum Gasteiger partial charge on any atom is 0.244 e. The van der Waals surface area contributed by atoms with E-state index < -0.39 is 6.04 Å². The molecule has 1 atom stereocenters. The molecule has 0 aliphatic carbocycles. The summed E-state index contributed by atoms with van der Waals surface area (Å²) in [5.41, 5.74) is 1.76. The van der Waals surface area contributed by atoms with E-state index in [2.05, 4.69) is 24.1 Å². The molecule has 39 heavy (non-hydrogen) atoms. The zero-order valence-electron chi connectivity index (χ0n) is 22.8. The number of carbonyl (C=O) groups excluding carboxylic acids is 2. The summed E-state index contributed by atoms with van der Waals surface area (Å²) in [7, 11) is 0. The highest BCUT2D eigenvalue weighted by Gasteiger charge is 2.35. The fourth-order valence-corrected chi connectivity index (χ4v) is 4.72. The molecule has 1 fully saturated rings. The number of ether oxygens (including phenoxy) is 2. The van der Waals surface area contributed by atoms with Gasteiger partial charge in [-0.3, -0.25) is 14.2 Å². The number of piperazine rings is 1. The molecule has 2 amide bonds. The van der Waals surface area contributed by atoms with Crippen molar-refractivity contribution in [3.8, 4) is 17.4 Å². The largest absolute Gasteiger partial charge is 0.454 e. The Morgan fingerprint density at radius 1 is 1.08 bits per heavy atom. The molecule has 2 aromatic heterocycles. The number of aromatic nitrogens is 4. The molecular weight excluding hydrogens is 498 g/mol. The van der Waals surface area contributed by atoms with Crippen LogP contribution in [-0.4, -0.2) is 68.7 Å². The Hall–Kier alpha value is -4.15. The predicted octanol–water partition coefficient (Wildman–Crippen LogP) is 2.89. The number of amides is 2. The number of rotatable bonds is 8. The molecule has 1 saturated heterocycles. The molecule has 0 spiro atoms. The summed E-state index contributed by atoms with van der Waals surface area (Å²) < 4.78 is 12.6. The van der Waals surface area contributed by atoms with E-state index in [0.717, 1.165) is 11.3 Å². The van der Waals surface area contributed by atoms with Crippen molar-refractivity contribution in [2.24, 2.45) is 5.92 Å². The highest BCUT2D eigenvalue weighted by atomic mass is 16.7. The first-order valence-corrected chi connectivity index (χ1v) is 13.4. The summed E-state index contributed by atoms with van der Waals surface area (Å²) in [6.07, 6.45) is 5.57. The summed E-state index contributed by atoms with van der Waals surface area (Å²) in [6, 6.07) is 6.94. The van der Waals surface area contributed by atoms with Gasteiger partial charge in [-0.25, -0.2) is 9.97 Å². The van der Waals surface area contributed by atoms with Crippen LogP contribution >= 0.6 is 0 Å². The zero-order valence-corrected chi connectivity index (χ0v) is 22.8. The summed E-state index contributed by atoms with van der Waals surface area (Å²) in [4.78, 5) is 44.1. The molecule has 1 unspecified atom stereocenters. The first kappa shape index (κ1) is 26.5. The van der Waals surface area contributed by atoms with Gasteiger partial charge in [-0.1, -0.05) is 33.8 Å². The maximum absolute atomic E-state index is 13.7. The lowest BCUT2D eigenvalue weighted by Crippen LogP contribution is -2.60. The molecule has 1 aromatic carbocycles. The number of carbonyl (C=O) groups is 2. The first-order valence-electron chi connectivity index (χ1n) is 13.4. The summed E-state index contributed by atoms with van der Waals surface area (Å²) in [6.45, 7) is 9.97. The molecule has 206 valence electrons. The van der Waals surface area contributed by atoms with Gasteiger partial charge in [-0.15, -0.1) is 0 Å². The molecule has 0 saturated carbocycles. The van der Waals surface area contributed by atoms with Gasteiger partial charge in [0.15, 0.2) is 11.5 Å². The van der Waals surface area contributed by atoms with Crippen molar-refractivity contribution in [3.63, 3.8) is 0 Å². The van der Waals surface area contributed by atoms with Crippen molar-refractivity contribution < 1.29 is 19.1 Å². The van der Waals surface area contributed by atoms with Crippen LogP contribution in [0.5, 0.6) is 11.5 Å². The molecule has 3 aromatic rings. The van der Waals surface area contributed by atoms with Crippen LogP contribution in [0.2, 0.25) is 0 Å². The number of nitrogens with zero attached hydrogens (tertiary/aromatic N) is 6. The van der Waals surface area contributed by atoms with Crippen molar-refractivity contribution in [1.29, 1.82) is 0 Å². The van der Waals surface area contributed by atoms with Crippen LogP contribution in [0.15, 0.2) is 43.0 Å². The Balaban J connectivity index is 1.42. The van der Waals surface area contributed by atoms with E-state index in [1.54, 1.807) is 28.2 Å². The summed E-state index contributed by atoms with van der Waals surface area (Å²) >= 11 is 0. The van der Waals surface area contributed by atoms with E-state index in [-0.39, 0.29) is 37.0 Å². The van der Waals surface area contributed by atoms with Gasteiger partial charge in [0.2, 0.25) is 24.6 Å². The summed E-state index contributed by atoms with van der Waals surface area (Å²) in [5, 5.41) is 3.07. The second-order valence-electron chi connectivity index (χ2n) is 10.6. The number of hydrogen-bond acceptors (Lipinski definition) is 8. The molecule has 4 heterocycles. The molecule has 0 radical (unpaired) electrons. The molecular formula is C28H35N7O4. The Morgan fingerprint density at radius 3 is 2.64 bits per heavy atom. The van der Waals surface area contributed by atoms with Crippen LogP contribution in [0.1, 0.15) is 51.3 Å². The zero-order chi connectivity index (χ0) is 27.5. The van der Waals surface area contributed by atoms with E-state index in [4.69, 9.17) is 19.4 Å². The second-order valence-corrected chi connectivity index (χ2v) is 10.6. The van der Waals surface area contributed by atoms with E-state index >= 15 is 0 Å². The molecule has 1 N–H and O–H groups in total. The van der Waals surface area contributed by atoms with Gasteiger partial charge in [0.1, 0.15) is 18.2 Å². The van der Waals surface area contributed by atoms with E-state index in [1.165, 1.54) is 0 Å². The van der Waals surface area contributed by atoms with Crippen molar-refractivity contribution in [2.75, 3.05) is 31.3 Å². The van der Waals surface area contributed by atoms with Crippen LogP contribution in [0.3, 0.4) is 0 Å². The second kappa shape index (κ2) is 11.3. The first-order chi connectivity index (χ1) is 18.8. The third-order valence-corrected chi connectivity index (χ3v) is 6.86. The molecule has 11 heteroatoms. The lowest BCUT2D eigenvalue weighted by Gasteiger charge is -2.41. The number of imidazole rings is 1. The van der Waals surface area contributed by atoms with Crippen LogP contribution in [0.4, 0.5) is 5.82 Å². The van der Waals surface area contributed by atoms with Crippen molar-refractivity contribution in [3.05, 3.63) is 54.2 Å². The van der Waals surface area contributed by atoms with Gasteiger partial charge in [0.25, 0.3) is 0 Å². The van der Waals surface area contributed by atoms with Crippen LogP contribution in [0.25, 0.3) is 5.95 Å². The molecule has 0 bridgehead atoms. The van der Waals surface area contributed by atoms with E-state index in [9.17, 15) is 9.59 Å². The fourth-order valence-electron chi connectivity index (χ4n) is 4.72. The average molecular weight is 534 g/mol. The Kier molecular flexibility index (Phi) is 7.67. The standard InChI is InChI=1S/C28H35N7O4/c1-18(2)11-26(36)33-9-10-35(25-13-21(19(3)4)31-28(32-25)34-8-7-29-16-34)22(15-33)27(37)30-14-20-5-6-23-24(12-20)39-17-38-23/h5-8,12-13,16,18-19,22H,9-11,14-15,17H2,1-4H3,(H,30,37). The minimum Gasteiger partial charge on any atom is -0.454 e. The average Bonchev–Trinajstić information content (AvgIpc) is 3.63. The minimum atomic E-state index is -0.616. The highest BCUT2D eigenvalue weighted by Crippen LogP contribution is 2.32. The van der Waals surface area contributed by atoms with Gasteiger partial charge >= 0.3 is 0 Å². The van der Waals surface area contributed by atoms with E-state index in [0.29, 0.717) is 49.3 Å². The predicted molar refractivity (Wildman–Crippen MR) is 145 cm³/mol. The molecule has 2 aliphatic rings. The lowest BCUT2D eigenvalue weighted by molar-refractivity contribution is -0.134. The minimum absolute atomic E-state index is 0.0582. The van der Waals surface area contributed by atoms with Gasteiger partial charge in [-0.05, 0) is 29.5 Å². The number of hydrogen-bond donors (Lipinski definition) is 1. The van der Waals surface area contributed by atoms with Crippen molar-refractivity contribution in [2.45, 2.75) is 52.6 Å². The van der Waals surface area contributed by atoms with Crippen LogP contribution < -0.4 is 19.7 Å². The number of benzene rings is 1. The quantitative estimate of drug-likeness (QED) is 0.470. The Morgan fingerprint density at radius 2 is 1.90 bits per heavy atom. The lowest BCUT2D eigenvalue weighted by atomic mass is 10.1. The van der Waals surface area contributed by atoms with Gasteiger partial charge in [0, 0.05) is 44.5 Å². The monoisotopic (exact) mass is 533 g/mol. The van der Waals surface area contributed by atoms with Gasteiger partial charge in [0.05, 0.1) is 12.2 Å². The molecule has 5 rings (SSSR count). The number of nitrogens with one attached hydrogen (secondary N) is 1. The van der Waals surface area contributed by atoms with Crippen molar-refractivity contribution in [1.82, 2.24) is 29.7 Å². The van der Waals surface area contributed by atoms with E-state index in [1.807, 2.05) is 43.0 Å². The number of anilines is 1. The van der Waals surface area contributed by atoms with Gasteiger partial charge in [-0.2, -0.15) is 4.98 Å². The SMILES string of the molecule is CC(C)CC(=O)N1CCN(c2cc(C(C)C)nc(-n3ccnc3)n2)C(C(=O)NCc2ccc3c(c2)OCO3)C1. The molecule has 2 aliphatic heterocycles. The van der Waals surface area contributed by atoms with Crippen LogP contribution in [-0.2, 0) is 16.1 Å². The normalized spacial score (nSPS) is 16.7. The third kappa shape index (κ3) is 5.97. The van der Waals surface area contributed by atoms with Crippen molar-refractivity contribution >= 4 is 17.6 Å². The molecule has 11 nitrogen and oxygen atoms in total. The topological polar surface area (TPSA) is 115 Å². The fraction of sp³-hybridized carbons (Fsp3) is 0.464. The number of fused-ring (bicyclic) bond motifs is 1. The van der Waals surface area contributed by atoms with Gasteiger partial charge < -0.3 is 24.6 Å². The third-order valence-electron chi connectivity index (χ3n) is 6.86. The Labute approximate surface area is 228 Å². The maximum atomic E-state index is 13.7. The Bertz CT molecular complexity index is 1330. The highest BCUT2D eigenvalue weighted by molar-refractivity contribution is 5.87. The van der Waals surface area contributed by atoms with Crippen LogP contribution in [0, 0.1) is 5.92 Å². The smallest absolute Gasteiger partial charge is 0.244 e.